The number of hydrogen-bond donors (Lipinski definition) is 0. The van der Waals surface area contributed by atoms with E-state index in [2.05, 4.69) is 15.1 Å². The Balaban J connectivity index is 1.37. The third-order valence-corrected chi connectivity index (χ3v) is 5.35. The highest BCUT2D eigenvalue weighted by Gasteiger charge is 2.20. The van der Waals surface area contributed by atoms with Gasteiger partial charge in [-0.25, -0.2) is 23.4 Å². The molecular weight excluding hydrogens is 416 g/mol. The number of oxazole rings is 1. The Morgan fingerprint density at radius 1 is 1.16 bits per heavy atom. The van der Waals surface area contributed by atoms with E-state index in [1.54, 1.807) is 23.0 Å². The molecule has 164 valence electrons. The molecule has 4 aromatic rings. The van der Waals surface area contributed by atoms with E-state index in [1.807, 2.05) is 31.2 Å². The summed E-state index contributed by atoms with van der Waals surface area (Å²) >= 11 is 0. The van der Waals surface area contributed by atoms with Gasteiger partial charge in [0.25, 0.3) is 0 Å². The van der Waals surface area contributed by atoms with Crippen LogP contribution in [0.2, 0.25) is 0 Å². The van der Waals surface area contributed by atoms with Gasteiger partial charge in [-0.15, -0.1) is 0 Å². The van der Waals surface area contributed by atoms with Crippen LogP contribution in [0.1, 0.15) is 30.8 Å². The van der Waals surface area contributed by atoms with Gasteiger partial charge in [0, 0.05) is 19.9 Å². The maximum absolute atomic E-state index is 13.9. The van der Waals surface area contributed by atoms with Crippen molar-refractivity contribution in [1.82, 2.24) is 24.6 Å². The SMILES string of the molecule is C[C@@H](c1ccc(-n2cncn2)cc1)N(C)C(=O)CCc1ncc(-c2c(F)cccc2F)o1. The first-order chi connectivity index (χ1) is 15.4. The van der Waals surface area contributed by atoms with Gasteiger partial charge in [-0.2, -0.15) is 5.10 Å². The predicted molar refractivity (Wildman–Crippen MR) is 113 cm³/mol. The summed E-state index contributed by atoms with van der Waals surface area (Å²) in [5.74, 6) is -1.32. The highest BCUT2D eigenvalue weighted by atomic mass is 19.1. The quantitative estimate of drug-likeness (QED) is 0.430. The van der Waals surface area contributed by atoms with Gasteiger partial charge in [-0.3, -0.25) is 4.79 Å². The van der Waals surface area contributed by atoms with Crippen LogP contribution in [-0.4, -0.2) is 37.6 Å². The summed E-state index contributed by atoms with van der Waals surface area (Å²) < 4.78 is 35.0. The third-order valence-electron chi connectivity index (χ3n) is 5.35. The van der Waals surface area contributed by atoms with Crippen molar-refractivity contribution in [1.29, 1.82) is 0 Å². The minimum absolute atomic E-state index is 0.00255. The van der Waals surface area contributed by atoms with E-state index in [1.165, 1.54) is 18.6 Å². The van der Waals surface area contributed by atoms with Crippen molar-refractivity contribution in [3.05, 3.63) is 84.4 Å². The second kappa shape index (κ2) is 9.09. The maximum Gasteiger partial charge on any atom is 0.223 e. The van der Waals surface area contributed by atoms with Gasteiger partial charge >= 0.3 is 0 Å². The van der Waals surface area contributed by atoms with E-state index in [0.717, 1.165) is 23.4 Å². The van der Waals surface area contributed by atoms with Crippen molar-refractivity contribution in [2.45, 2.75) is 25.8 Å². The molecule has 2 aromatic heterocycles. The van der Waals surface area contributed by atoms with E-state index in [4.69, 9.17) is 4.42 Å². The van der Waals surface area contributed by atoms with Crippen LogP contribution in [0.4, 0.5) is 8.78 Å². The van der Waals surface area contributed by atoms with Crippen molar-refractivity contribution in [3.8, 4) is 17.0 Å². The molecule has 2 heterocycles. The van der Waals surface area contributed by atoms with Crippen molar-refractivity contribution < 1.29 is 18.0 Å². The fourth-order valence-corrected chi connectivity index (χ4v) is 3.35. The molecule has 0 saturated carbocycles. The molecule has 0 bridgehead atoms. The standard InChI is InChI=1S/C23H21F2N5O2/c1-15(16-6-8-17(9-7-16)30-14-26-13-28-30)29(2)22(31)11-10-21-27-12-20(32-21)23-18(24)4-3-5-19(23)25/h3-9,12-15H,10-11H2,1-2H3/t15-/m0/s1. The number of nitrogens with zero attached hydrogens (tertiary/aromatic N) is 5. The molecule has 4 rings (SSSR count). The first-order valence-electron chi connectivity index (χ1n) is 10.0. The second-order valence-corrected chi connectivity index (χ2v) is 7.33. The molecule has 2 aromatic carbocycles. The number of hydrogen-bond acceptors (Lipinski definition) is 5. The zero-order chi connectivity index (χ0) is 22.7. The van der Waals surface area contributed by atoms with E-state index in [-0.39, 0.29) is 42.0 Å². The minimum atomic E-state index is -0.729. The minimum Gasteiger partial charge on any atom is -0.441 e. The van der Waals surface area contributed by atoms with E-state index >= 15 is 0 Å². The summed E-state index contributed by atoms with van der Waals surface area (Å²) in [4.78, 5) is 22.3. The number of aryl methyl sites for hydroxylation is 1. The van der Waals surface area contributed by atoms with Crippen molar-refractivity contribution in [3.63, 3.8) is 0 Å². The Bertz CT molecular complexity index is 1190. The smallest absolute Gasteiger partial charge is 0.223 e. The predicted octanol–water partition coefficient (Wildman–Crippen LogP) is 4.35. The molecule has 0 N–H and O–H groups in total. The average molecular weight is 437 g/mol. The normalized spacial score (nSPS) is 12.0. The number of benzene rings is 2. The monoisotopic (exact) mass is 437 g/mol. The summed E-state index contributed by atoms with van der Waals surface area (Å²) in [6.45, 7) is 1.94. The number of halogens is 2. The number of carbonyl (C=O) groups excluding carboxylic acids is 1. The van der Waals surface area contributed by atoms with Gasteiger partial charge in [-0.05, 0) is 36.8 Å². The molecule has 0 aliphatic rings. The molecule has 0 aliphatic heterocycles. The number of rotatable bonds is 7. The van der Waals surface area contributed by atoms with Crippen molar-refractivity contribution in [2.75, 3.05) is 7.05 Å². The van der Waals surface area contributed by atoms with Crippen LogP contribution < -0.4 is 0 Å². The molecule has 32 heavy (non-hydrogen) atoms. The molecule has 0 aliphatic carbocycles. The zero-order valence-electron chi connectivity index (χ0n) is 17.6. The summed E-state index contributed by atoms with van der Waals surface area (Å²) in [7, 11) is 1.73. The fourth-order valence-electron chi connectivity index (χ4n) is 3.35. The Morgan fingerprint density at radius 2 is 1.88 bits per heavy atom. The Kier molecular flexibility index (Phi) is 6.07. The Morgan fingerprint density at radius 3 is 2.53 bits per heavy atom. The van der Waals surface area contributed by atoms with E-state index in [0.29, 0.717) is 0 Å². The average Bonchev–Trinajstić information content (AvgIpc) is 3.49. The molecule has 9 heteroatoms. The highest BCUT2D eigenvalue weighted by Crippen LogP contribution is 2.27. The van der Waals surface area contributed by atoms with Crippen molar-refractivity contribution in [2.24, 2.45) is 0 Å². The summed E-state index contributed by atoms with van der Waals surface area (Å²) in [5, 5.41) is 4.09. The lowest BCUT2D eigenvalue weighted by Crippen LogP contribution is -2.29. The topological polar surface area (TPSA) is 77.1 Å². The molecule has 0 fully saturated rings. The molecule has 0 spiro atoms. The zero-order valence-corrected chi connectivity index (χ0v) is 17.6. The first-order valence-corrected chi connectivity index (χ1v) is 10.0. The van der Waals surface area contributed by atoms with Gasteiger partial charge in [0.05, 0.1) is 23.5 Å². The molecule has 0 radical (unpaired) electrons. The number of amides is 1. The van der Waals surface area contributed by atoms with Crippen LogP contribution >= 0.6 is 0 Å². The lowest BCUT2D eigenvalue weighted by molar-refractivity contribution is -0.131. The second-order valence-electron chi connectivity index (χ2n) is 7.33. The van der Waals surface area contributed by atoms with Gasteiger partial charge < -0.3 is 9.32 Å². The lowest BCUT2D eigenvalue weighted by Gasteiger charge is -2.25. The highest BCUT2D eigenvalue weighted by molar-refractivity contribution is 5.76. The molecule has 0 saturated heterocycles. The van der Waals surface area contributed by atoms with Crippen molar-refractivity contribution >= 4 is 5.91 Å². The maximum atomic E-state index is 13.9. The van der Waals surface area contributed by atoms with Crippen LogP contribution in [-0.2, 0) is 11.2 Å². The molecule has 0 unspecified atom stereocenters. The number of carbonyl (C=O) groups is 1. The van der Waals surface area contributed by atoms with E-state index in [9.17, 15) is 13.6 Å². The lowest BCUT2D eigenvalue weighted by atomic mass is 10.1. The summed E-state index contributed by atoms with van der Waals surface area (Å²) in [6, 6.07) is 11.1. The summed E-state index contributed by atoms with van der Waals surface area (Å²) in [5.41, 5.74) is 1.58. The fraction of sp³-hybridized carbons (Fsp3) is 0.217. The van der Waals surface area contributed by atoms with Gasteiger partial charge in [0.2, 0.25) is 5.91 Å². The Hall–Kier alpha value is -3.88. The van der Waals surface area contributed by atoms with Crippen LogP contribution in [0.5, 0.6) is 0 Å². The van der Waals surface area contributed by atoms with Crippen LogP contribution in [0.3, 0.4) is 0 Å². The van der Waals surface area contributed by atoms with Crippen LogP contribution in [0.25, 0.3) is 17.0 Å². The van der Waals surface area contributed by atoms with Gasteiger partial charge in [-0.1, -0.05) is 18.2 Å². The largest absolute Gasteiger partial charge is 0.441 e. The molecule has 7 nitrogen and oxygen atoms in total. The van der Waals surface area contributed by atoms with Gasteiger partial charge in [0.1, 0.15) is 24.3 Å². The molecule has 1 atom stereocenters. The van der Waals surface area contributed by atoms with E-state index < -0.39 is 11.6 Å². The van der Waals surface area contributed by atoms with Gasteiger partial charge in [0.15, 0.2) is 11.7 Å². The first kappa shape index (κ1) is 21.4. The Labute approximate surface area is 183 Å². The summed E-state index contributed by atoms with van der Waals surface area (Å²) in [6.07, 6.45) is 4.72. The molecular formula is C23H21F2N5O2. The van der Waals surface area contributed by atoms with Crippen LogP contribution in [0, 0.1) is 11.6 Å². The number of aromatic nitrogens is 4. The third kappa shape index (κ3) is 4.41. The molecule has 1 amide bonds. The van der Waals surface area contributed by atoms with Crippen LogP contribution in [0.15, 0.2) is 65.7 Å².